The first kappa shape index (κ1) is 13.5. The van der Waals surface area contributed by atoms with Gasteiger partial charge in [-0.3, -0.25) is 4.90 Å². The topological polar surface area (TPSA) is 29.3 Å². The van der Waals surface area contributed by atoms with Crippen molar-refractivity contribution in [3.63, 3.8) is 0 Å². The fourth-order valence-electron chi connectivity index (χ4n) is 2.67. The molecule has 3 heteroatoms. The molecule has 1 aromatic carbocycles. The summed E-state index contributed by atoms with van der Waals surface area (Å²) in [6, 6.07) is 11.0. The van der Waals surface area contributed by atoms with E-state index in [0.29, 0.717) is 4.99 Å². The van der Waals surface area contributed by atoms with E-state index in [1.54, 1.807) is 0 Å². The van der Waals surface area contributed by atoms with Crippen LogP contribution in [0, 0.1) is 5.92 Å². The molecule has 1 heterocycles. The van der Waals surface area contributed by atoms with Gasteiger partial charge < -0.3 is 5.73 Å². The highest BCUT2D eigenvalue weighted by molar-refractivity contribution is 7.80. The van der Waals surface area contributed by atoms with Gasteiger partial charge in [-0.1, -0.05) is 42.5 Å². The van der Waals surface area contributed by atoms with Gasteiger partial charge in [-0.05, 0) is 50.8 Å². The molecule has 18 heavy (non-hydrogen) atoms. The summed E-state index contributed by atoms with van der Waals surface area (Å²) in [5.74, 6) is 0.808. The molecule has 0 radical (unpaired) electrons. The average molecular weight is 262 g/mol. The molecule has 1 fully saturated rings. The number of nitrogens with two attached hydrogens (primary N) is 1. The van der Waals surface area contributed by atoms with Crippen LogP contribution in [0.15, 0.2) is 30.3 Å². The normalized spacial score (nSPS) is 19.6. The van der Waals surface area contributed by atoms with Crippen LogP contribution in [0.25, 0.3) is 0 Å². The van der Waals surface area contributed by atoms with Gasteiger partial charge in [0.05, 0.1) is 11.0 Å². The third-order valence-electron chi connectivity index (χ3n) is 3.98. The Labute approximate surface area is 115 Å². The Bertz CT molecular complexity index is 383. The second kappa shape index (κ2) is 6.30. The Hall–Kier alpha value is -0.930. The first-order valence-electron chi connectivity index (χ1n) is 6.74. The van der Waals surface area contributed by atoms with Gasteiger partial charge in [-0.25, -0.2) is 0 Å². The predicted molar refractivity (Wildman–Crippen MR) is 80.7 cm³/mol. The van der Waals surface area contributed by atoms with Crippen molar-refractivity contribution in [2.75, 3.05) is 13.1 Å². The number of thiocarbonyl (C=S) groups is 1. The third-order valence-corrected chi connectivity index (χ3v) is 4.32. The summed E-state index contributed by atoms with van der Waals surface area (Å²) >= 11 is 5.07. The maximum absolute atomic E-state index is 5.71. The van der Waals surface area contributed by atoms with E-state index in [1.165, 1.54) is 24.8 Å². The third kappa shape index (κ3) is 3.53. The largest absolute Gasteiger partial charge is 0.392 e. The van der Waals surface area contributed by atoms with Crippen LogP contribution in [-0.4, -0.2) is 29.0 Å². The summed E-state index contributed by atoms with van der Waals surface area (Å²) in [6.07, 6.45) is 3.71. The molecule has 2 N–H and O–H groups in total. The van der Waals surface area contributed by atoms with Crippen LogP contribution >= 0.6 is 12.2 Å². The second-order valence-corrected chi connectivity index (χ2v) is 5.72. The van der Waals surface area contributed by atoms with Crippen LogP contribution in [0.1, 0.15) is 25.3 Å². The van der Waals surface area contributed by atoms with E-state index >= 15 is 0 Å². The molecule has 2 rings (SSSR count). The maximum Gasteiger partial charge on any atom is 0.0899 e. The molecule has 0 amide bonds. The smallest absolute Gasteiger partial charge is 0.0899 e. The molecule has 2 nitrogen and oxygen atoms in total. The molecule has 1 atom stereocenters. The lowest BCUT2D eigenvalue weighted by Gasteiger charge is -2.35. The number of likely N-dealkylation sites (tertiary alicyclic amines) is 1. The van der Waals surface area contributed by atoms with E-state index in [9.17, 15) is 0 Å². The fourth-order valence-corrected chi connectivity index (χ4v) is 2.82. The van der Waals surface area contributed by atoms with Crippen molar-refractivity contribution in [1.82, 2.24) is 4.90 Å². The zero-order valence-electron chi connectivity index (χ0n) is 11.0. The van der Waals surface area contributed by atoms with Gasteiger partial charge in [0.1, 0.15) is 0 Å². The molecular weight excluding hydrogens is 240 g/mol. The molecule has 0 bridgehead atoms. The highest BCUT2D eigenvalue weighted by Gasteiger charge is 2.23. The van der Waals surface area contributed by atoms with Crippen LogP contribution < -0.4 is 5.73 Å². The molecule has 1 aromatic rings. The van der Waals surface area contributed by atoms with E-state index in [1.807, 2.05) is 0 Å². The molecule has 0 aromatic heterocycles. The van der Waals surface area contributed by atoms with Crippen molar-refractivity contribution in [3.8, 4) is 0 Å². The highest BCUT2D eigenvalue weighted by atomic mass is 32.1. The predicted octanol–water partition coefficient (Wildman–Crippen LogP) is 2.62. The summed E-state index contributed by atoms with van der Waals surface area (Å²) in [5, 5.41) is 0. The zero-order chi connectivity index (χ0) is 13.0. The van der Waals surface area contributed by atoms with Crippen molar-refractivity contribution in [2.24, 2.45) is 11.7 Å². The Morgan fingerprint density at radius 2 is 1.94 bits per heavy atom. The van der Waals surface area contributed by atoms with Crippen molar-refractivity contribution in [1.29, 1.82) is 0 Å². The van der Waals surface area contributed by atoms with Gasteiger partial charge in [0, 0.05) is 0 Å². The summed E-state index contributed by atoms with van der Waals surface area (Å²) in [4.78, 5) is 3.03. The van der Waals surface area contributed by atoms with Gasteiger partial charge in [-0.2, -0.15) is 0 Å². The molecular formula is C15H22N2S. The summed E-state index contributed by atoms with van der Waals surface area (Å²) < 4.78 is 0. The molecule has 0 saturated carbocycles. The maximum atomic E-state index is 5.71. The first-order chi connectivity index (χ1) is 8.66. The van der Waals surface area contributed by atoms with Crippen LogP contribution in [0.2, 0.25) is 0 Å². The van der Waals surface area contributed by atoms with Crippen LogP contribution in [-0.2, 0) is 6.42 Å². The van der Waals surface area contributed by atoms with E-state index in [2.05, 4.69) is 42.2 Å². The lowest BCUT2D eigenvalue weighted by atomic mass is 9.89. The minimum Gasteiger partial charge on any atom is -0.392 e. The SMILES string of the molecule is CC(C(N)=S)N1CCC(Cc2ccccc2)CC1. The van der Waals surface area contributed by atoms with Crippen molar-refractivity contribution < 1.29 is 0 Å². The summed E-state index contributed by atoms with van der Waals surface area (Å²) in [7, 11) is 0. The number of piperidine rings is 1. The van der Waals surface area contributed by atoms with Gasteiger partial charge in [-0.15, -0.1) is 0 Å². The first-order valence-corrected chi connectivity index (χ1v) is 7.15. The zero-order valence-corrected chi connectivity index (χ0v) is 11.8. The highest BCUT2D eigenvalue weighted by Crippen LogP contribution is 2.22. The van der Waals surface area contributed by atoms with Crippen molar-refractivity contribution in [3.05, 3.63) is 35.9 Å². The fraction of sp³-hybridized carbons (Fsp3) is 0.533. The van der Waals surface area contributed by atoms with Gasteiger partial charge >= 0.3 is 0 Å². The number of benzene rings is 1. The number of rotatable bonds is 4. The molecule has 98 valence electrons. The van der Waals surface area contributed by atoms with Crippen LogP contribution in [0.3, 0.4) is 0 Å². The standard InChI is InChI=1S/C15H22N2S/c1-12(15(16)18)17-9-7-14(8-10-17)11-13-5-3-2-4-6-13/h2-6,12,14H,7-11H2,1H3,(H2,16,18). The average Bonchev–Trinajstić information content (AvgIpc) is 2.40. The molecule has 0 spiro atoms. The minimum absolute atomic E-state index is 0.248. The van der Waals surface area contributed by atoms with Gasteiger partial charge in [0.2, 0.25) is 0 Å². The number of hydrogen-bond donors (Lipinski definition) is 1. The lowest BCUT2D eigenvalue weighted by Crippen LogP contribution is -2.46. The van der Waals surface area contributed by atoms with Crippen molar-refractivity contribution >= 4 is 17.2 Å². The number of nitrogens with zero attached hydrogens (tertiary/aromatic N) is 1. The summed E-state index contributed by atoms with van der Waals surface area (Å²) in [6.45, 7) is 4.35. The van der Waals surface area contributed by atoms with E-state index in [4.69, 9.17) is 18.0 Å². The lowest BCUT2D eigenvalue weighted by molar-refractivity contribution is 0.170. The van der Waals surface area contributed by atoms with E-state index in [-0.39, 0.29) is 6.04 Å². The minimum atomic E-state index is 0.248. The van der Waals surface area contributed by atoms with Crippen LogP contribution in [0.5, 0.6) is 0 Å². The monoisotopic (exact) mass is 262 g/mol. The molecule has 1 unspecified atom stereocenters. The number of hydrogen-bond acceptors (Lipinski definition) is 2. The molecule has 0 aliphatic carbocycles. The van der Waals surface area contributed by atoms with Gasteiger partial charge in [0.25, 0.3) is 0 Å². The Balaban J connectivity index is 1.82. The second-order valence-electron chi connectivity index (χ2n) is 5.25. The quantitative estimate of drug-likeness (QED) is 0.846. The molecule has 1 aliphatic heterocycles. The van der Waals surface area contributed by atoms with Gasteiger partial charge in [0.15, 0.2) is 0 Å². The molecule has 1 aliphatic rings. The van der Waals surface area contributed by atoms with E-state index < -0.39 is 0 Å². The Kier molecular flexibility index (Phi) is 4.72. The van der Waals surface area contributed by atoms with Crippen molar-refractivity contribution in [2.45, 2.75) is 32.2 Å². The van der Waals surface area contributed by atoms with Crippen LogP contribution in [0.4, 0.5) is 0 Å². The molecule has 1 saturated heterocycles. The van der Waals surface area contributed by atoms with E-state index in [0.717, 1.165) is 19.0 Å². The Morgan fingerprint density at radius 3 is 2.50 bits per heavy atom. The Morgan fingerprint density at radius 1 is 1.33 bits per heavy atom. The summed E-state index contributed by atoms with van der Waals surface area (Å²) in [5.41, 5.74) is 7.17.